The molecule has 3 rings (SSSR count). The Morgan fingerprint density at radius 2 is 1.88 bits per heavy atom. The standard InChI is InChI=1S/C13H13N3.C6H13NO/c1-9-2-3-12(8-16-9)10-4-6-11(7-5-10)13(14)15;7-5-6-3-1-2-4-8-6/h2-8H,1H3,(H3,14,15);6H,1-5,7H2. The van der Waals surface area contributed by atoms with Crippen molar-refractivity contribution in [1.29, 1.82) is 5.41 Å². The molecule has 1 atom stereocenters. The highest BCUT2D eigenvalue weighted by atomic mass is 16.5. The smallest absolute Gasteiger partial charge is 0.122 e. The Bertz CT molecular complexity index is 631. The van der Waals surface area contributed by atoms with Gasteiger partial charge in [-0.3, -0.25) is 10.4 Å². The molecule has 0 bridgehead atoms. The number of ether oxygens (including phenoxy) is 1. The van der Waals surface area contributed by atoms with E-state index in [4.69, 9.17) is 21.6 Å². The molecule has 1 unspecified atom stereocenters. The Morgan fingerprint density at radius 3 is 2.33 bits per heavy atom. The molecule has 1 aliphatic rings. The molecular weight excluding hydrogens is 300 g/mol. The molecule has 0 spiro atoms. The van der Waals surface area contributed by atoms with Crippen LogP contribution in [0.5, 0.6) is 0 Å². The molecule has 5 heteroatoms. The number of rotatable bonds is 3. The molecule has 2 heterocycles. The van der Waals surface area contributed by atoms with Gasteiger partial charge in [-0.25, -0.2) is 0 Å². The number of aromatic nitrogens is 1. The highest BCUT2D eigenvalue weighted by Gasteiger charge is 2.10. The van der Waals surface area contributed by atoms with Gasteiger partial charge in [-0.1, -0.05) is 30.3 Å². The molecule has 1 aromatic heterocycles. The summed E-state index contributed by atoms with van der Waals surface area (Å²) < 4.78 is 5.30. The molecule has 24 heavy (non-hydrogen) atoms. The van der Waals surface area contributed by atoms with Crippen molar-refractivity contribution in [2.75, 3.05) is 13.2 Å². The van der Waals surface area contributed by atoms with Crippen LogP contribution in [0, 0.1) is 12.3 Å². The van der Waals surface area contributed by atoms with Crippen LogP contribution < -0.4 is 11.5 Å². The van der Waals surface area contributed by atoms with Gasteiger partial charge in [-0.15, -0.1) is 0 Å². The monoisotopic (exact) mass is 326 g/mol. The van der Waals surface area contributed by atoms with Crippen LogP contribution in [0.25, 0.3) is 11.1 Å². The first-order chi connectivity index (χ1) is 11.6. The van der Waals surface area contributed by atoms with E-state index < -0.39 is 0 Å². The van der Waals surface area contributed by atoms with Gasteiger partial charge in [0.25, 0.3) is 0 Å². The van der Waals surface area contributed by atoms with Crippen LogP contribution in [-0.2, 0) is 4.74 Å². The summed E-state index contributed by atoms with van der Waals surface area (Å²) in [6.45, 7) is 3.57. The van der Waals surface area contributed by atoms with Crippen LogP contribution in [0.3, 0.4) is 0 Å². The Labute approximate surface area is 143 Å². The van der Waals surface area contributed by atoms with E-state index in [9.17, 15) is 0 Å². The van der Waals surface area contributed by atoms with E-state index in [0.717, 1.165) is 35.4 Å². The van der Waals surface area contributed by atoms with E-state index in [1.54, 1.807) is 0 Å². The molecule has 128 valence electrons. The number of amidine groups is 1. The molecule has 0 saturated carbocycles. The van der Waals surface area contributed by atoms with Crippen molar-refractivity contribution in [3.05, 3.63) is 53.9 Å². The maximum Gasteiger partial charge on any atom is 0.122 e. The quantitative estimate of drug-likeness (QED) is 0.596. The van der Waals surface area contributed by atoms with Crippen molar-refractivity contribution in [1.82, 2.24) is 4.98 Å². The molecule has 1 aliphatic heterocycles. The maximum atomic E-state index is 7.30. The fourth-order valence-corrected chi connectivity index (χ4v) is 2.47. The van der Waals surface area contributed by atoms with Crippen molar-refractivity contribution in [2.24, 2.45) is 11.5 Å². The molecular formula is C19H26N4O. The largest absolute Gasteiger partial charge is 0.384 e. The predicted octanol–water partition coefficient (Wildman–Crippen LogP) is 2.86. The summed E-state index contributed by atoms with van der Waals surface area (Å²) in [6, 6.07) is 11.6. The van der Waals surface area contributed by atoms with Gasteiger partial charge in [0.1, 0.15) is 5.84 Å². The summed E-state index contributed by atoms with van der Waals surface area (Å²) in [5, 5.41) is 7.30. The minimum atomic E-state index is 0.0913. The summed E-state index contributed by atoms with van der Waals surface area (Å²) >= 11 is 0. The molecule has 0 amide bonds. The van der Waals surface area contributed by atoms with Crippen molar-refractivity contribution in [3.63, 3.8) is 0 Å². The summed E-state index contributed by atoms with van der Waals surface area (Å²) in [7, 11) is 0. The molecule has 1 aromatic carbocycles. The van der Waals surface area contributed by atoms with E-state index in [1.165, 1.54) is 12.8 Å². The Morgan fingerprint density at radius 1 is 1.17 bits per heavy atom. The molecule has 5 N–H and O–H groups in total. The topological polar surface area (TPSA) is 98.0 Å². The van der Waals surface area contributed by atoms with Crippen LogP contribution in [-0.4, -0.2) is 30.1 Å². The van der Waals surface area contributed by atoms with Gasteiger partial charge in [0.2, 0.25) is 0 Å². The summed E-state index contributed by atoms with van der Waals surface area (Å²) in [4.78, 5) is 4.25. The Kier molecular flexibility index (Phi) is 6.90. The lowest BCUT2D eigenvalue weighted by atomic mass is 10.1. The molecule has 0 radical (unpaired) electrons. The number of nitrogen functional groups attached to an aromatic ring is 1. The molecule has 1 fully saturated rings. The van der Waals surface area contributed by atoms with Crippen LogP contribution in [0.4, 0.5) is 0 Å². The van der Waals surface area contributed by atoms with E-state index in [-0.39, 0.29) is 5.84 Å². The highest BCUT2D eigenvalue weighted by Crippen LogP contribution is 2.18. The number of nitrogens with one attached hydrogen (secondary N) is 1. The van der Waals surface area contributed by atoms with Crippen molar-refractivity contribution in [3.8, 4) is 11.1 Å². The average molecular weight is 326 g/mol. The zero-order chi connectivity index (χ0) is 17.4. The van der Waals surface area contributed by atoms with Crippen molar-refractivity contribution >= 4 is 5.84 Å². The van der Waals surface area contributed by atoms with E-state index >= 15 is 0 Å². The van der Waals surface area contributed by atoms with Crippen LogP contribution >= 0.6 is 0 Å². The van der Waals surface area contributed by atoms with Gasteiger partial charge >= 0.3 is 0 Å². The van der Waals surface area contributed by atoms with Crippen LogP contribution in [0.15, 0.2) is 42.6 Å². The van der Waals surface area contributed by atoms with E-state index in [1.807, 2.05) is 49.5 Å². The normalized spacial score (nSPS) is 16.8. The number of benzene rings is 1. The number of aryl methyl sites for hydroxylation is 1. The predicted molar refractivity (Wildman–Crippen MR) is 98.1 cm³/mol. The second-order valence-electron chi connectivity index (χ2n) is 5.90. The number of nitrogens with two attached hydrogens (primary N) is 2. The summed E-state index contributed by atoms with van der Waals surface area (Å²) in [6.07, 6.45) is 5.89. The minimum absolute atomic E-state index is 0.0913. The second-order valence-corrected chi connectivity index (χ2v) is 5.90. The Balaban J connectivity index is 0.000000219. The maximum absolute atomic E-state index is 7.30. The number of nitrogens with zero attached hydrogens (tertiary/aromatic N) is 1. The minimum Gasteiger partial charge on any atom is -0.384 e. The van der Waals surface area contributed by atoms with Gasteiger partial charge in [0, 0.05) is 36.2 Å². The van der Waals surface area contributed by atoms with E-state index in [2.05, 4.69) is 4.98 Å². The van der Waals surface area contributed by atoms with Gasteiger partial charge in [-0.05, 0) is 37.8 Å². The lowest BCUT2D eigenvalue weighted by molar-refractivity contribution is 0.0222. The highest BCUT2D eigenvalue weighted by molar-refractivity contribution is 5.95. The third kappa shape index (κ3) is 5.44. The number of hydrogen-bond donors (Lipinski definition) is 3. The average Bonchev–Trinajstić information content (AvgIpc) is 2.64. The van der Waals surface area contributed by atoms with Crippen molar-refractivity contribution in [2.45, 2.75) is 32.3 Å². The van der Waals surface area contributed by atoms with Gasteiger partial charge in [0.15, 0.2) is 0 Å². The van der Waals surface area contributed by atoms with Crippen molar-refractivity contribution < 1.29 is 4.74 Å². The van der Waals surface area contributed by atoms with Gasteiger partial charge in [-0.2, -0.15) is 0 Å². The van der Waals surface area contributed by atoms with E-state index in [0.29, 0.717) is 12.6 Å². The fourth-order valence-electron chi connectivity index (χ4n) is 2.47. The number of pyridine rings is 1. The molecule has 0 aliphatic carbocycles. The molecule has 1 saturated heterocycles. The zero-order valence-electron chi connectivity index (χ0n) is 14.2. The fraction of sp³-hybridized carbons (Fsp3) is 0.368. The lowest BCUT2D eigenvalue weighted by Gasteiger charge is -2.20. The second kappa shape index (κ2) is 9.15. The third-order valence-corrected chi connectivity index (χ3v) is 3.98. The summed E-state index contributed by atoms with van der Waals surface area (Å²) in [5.41, 5.74) is 14.7. The lowest BCUT2D eigenvalue weighted by Crippen LogP contribution is -2.27. The first-order valence-corrected chi connectivity index (χ1v) is 8.29. The number of hydrogen-bond acceptors (Lipinski definition) is 4. The van der Waals surface area contributed by atoms with Crippen LogP contribution in [0.2, 0.25) is 0 Å². The first kappa shape index (κ1) is 18.1. The zero-order valence-corrected chi connectivity index (χ0v) is 14.2. The summed E-state index contributed by atoms with van der Waals surface area (Å²) in [5.74, 6) is 0.0913. The van der Waals surface area contributed by atoms with Crippen LogP contribution in [0.1, 0.15) is 30.5 Å². The molecule has 5 nitrogen and oxygen atoms in total. The third-order valence-electron chi connectivity index (χ3n) is 3.98. The SMILES string of the molecule is Cc1ccc(-c2ccc(C(=N)N)cc2)cn1.NCC1CCCCO1. The van der Waals surface area contributed by atoms with Gasteiger partial charge in [0.05, 0.1) is 6.10 Å². The first-order valence-electron chi connectivity index (χ1n) is 8.29. The molecule has 2 aromatic rings. The Hall–Kier alpha value is -2.24. The van der Waals surface area contributed by atoms with Gasteiger partial charge < -0.3 is 16.2 Å².